The lowest BCUT2D eigenvalue weighted by Crippen LogP contribution is -2.35. The van der Waals surface area contributed by atoms with Crippen LogP contribution in [0.3, 0.4) is 0 Å². The first-order valence-corrected chi connectivity index (χ1v) is 6.46. The second-order valence-electron chi connectivity index (χ2n) is 4.89. The van der Waals surface area contributed by atoms with Crippen molar-refractivity contribution < 1.29 is 9.53 Å². The fraction of sp³-hybridized carbons (Fsp3) is 0.533. The van der Waals surface area contributed by atoms with Gasteiger partial charge in [0, 0.05) is 6.42 Å². The molecule has 0 amide bonds. The molecule has 1 aliphatic rings. The predicted octanol–water partition coefficient (Wildman–Crippen LogP) is 3.50. The highest BCUT2D eigenvalue weighted by atomic mass is 16.5. The largest absolute Gasteiger partial charge is 0.370 e. The van der Waals surface area contributed by atoms with Crippen molar-refractivity contribution in [2.45, 2.75) is 50.7 Å². The van der Waals surface area contributed by atoms with Crippen LogP contribution >= 0.6 is 0 Å². The summed E-state index contributed by atoms with van der Waals surface area (Å²) < 4.78 is 6.07. The first-order valence-electron chi connectivity index (χ1n) is 6.46. The molecule has 0 aliphatic heterocycles. The molecule has 2 rings (SSSR count). The van der Waals surface area contributed by atoms with Gasteiger partial charge < -0.3 is 9.53 Å². The topological polar surface area (TPSA) is 26.3 Å². The highest BCUT2D eigenvalue weighted by Crippen LogP contribution is 2.34. The molecular weight excluding hydrogens is 212 g/mol. The summed E-state index contributed by atoms with van der Waals surface area (Å²) in [6.07, 6.45) is 7.24. The number of carbonyl (C=O) groups is 1. The van der Waals surface area contributed by atoms with Crippen LogP contribution in [0.15, 0.2) is 30.3 Å². The van der Waals surface area contributed by atoms with Crippen molar-refractivity contribution in [3.05, 3.63) is 35.9 Å². The Bertz CT molecular complexity index is 339. The Morgan fingerprint density at radius 1 is 1.12 bits per heavy atom. The van der Waals surface area contributed by atoms with Crippen LogP contribution in [0.4, 0.5) is 0 Å². The van der Waals surface area contributed by atoms with Crippen molar-refractivity contribution in [2.24, 2.45) is 0 Å². The van der Waals surface area contributed by atoms with Crippen LogP contribution in [0, 0.1) is 0 Å². The number of aldehydes is 1. The van der Waals surface area contributed by atoms with Crippen LogP contribution in [0.25, 0.3) is 0 Å². The molecule has 0 N–H and O–H groups in total. The van der Waals surface area contributed by atoms with Gasteiger partial charge >= 0.3 is 0 Å². The molecule has 0 unspecified atom stereocenters. The Labute approximate surface area is 103 Å². The Kier molecular flexibility index (Phi) is 4.32. The highest BCUT2D eigenvalue weighted by Gasteiger charge is 2.32. The molecule has 1 aromatic carbocycles. The van der Waals surface area contributed by atoms with Gasteiger partial charge in [-0.1, -0.05) is 49.6 Å². The van der Waals surface area contributed by atoms with Gasteiger partial charge in [0.15, 0.2) is 0 Å². The molecule has 1 saturated carbocycles. The van der Waals surface area contributed by atoms with Crippen LogP contribution < -0.4 is 0 Å². The third kappa shape index (κ3) is 3.40. The maximum Gasteiger partial charge on any atom is 0.122 e. The molecule has 0 bridgehead atoms. The molecule has 2 heteroatoms. The maximum absolute atomic E-state index is 10.8. The van der Waals surface area contributed by atoms with E-state index in [9.17, 15) is 4.79 Å². The van der Waals surface area contributed by atoms with Gasteiger partial charge in [-0.25, -0.2) is 0 Å². The monoisotopic (exact) mass is 232 g/mol. The van der Waals surface area contributed by atoms with Crippen LogP contribution in [0.1, 0.15) is 44.1 Å². The summed E-state index contributed by atoms with van der Waals surface area (Å²) in [5.41, 5.74) is 0.999. The number of hydrogen-bond donors (Lipinski definition) is 0. The quantitative estimate of drug-likeness (QED) is 0.726. The van der Waals surface area contributed by atoms with E-state index >= 15 is 0 Å². The number of rotatable bonds is 5. The van der Waals surface area contributed by atoms with Crippen molar-refractivity contribution in [1.82, 2.24) is 0 Å². The lowest BCUT2D eigenvalue weighted by molar-refractivity contribution is -0.122. The average molecular weight is 232 g/mol. The van der Waals surface area contributed by atoms with Gasteiger partial charge in [0.25, 0.3) is 0 Å². The van der Waals surface area contributed by atoms with E-state index in [0.717, 1.165) is 19.1 Å². The summed E-state index contributed by atoms with van der Waals surface area (Å²) >= 11 is 0. The second-order valence-corrected chi connectivity index (χ2v) is 4.89. The van der Waals surface area contributed by atoms with Crippen molar-refractivity contribution >= 4 is 6.29 Å². The van der Waals surface area contributed by atoms with Crippen molar-refractivity contribution in [3.8, 4) is 0 Å². The van der Waals surface area contributed by atoms with Crippen LogP contribution in [0.2, 0.25) is 0 Å². The fourth-order valence-corrected chi connectivity index (χ4v) is 2.57. The molecule has 0 saturated heterocycles. The van der Waals surface area contributed by atoms with E-state index in [1.807, 2.05) is 18.2 Å². The maximum atomic E-state index is 10.8. The van der Waals surface area contributed by atoms with Gasteiger partial charge in [0.1, 0.15) is 6.29 Å². The van der Waals surface area contributed by atoms with Crippen LogP contribution in [-0.2, 0) is 16.1 Å². The summed E-state index contributed by atoms with van der Waals surface area (Å²) in [7, 11) is 0. The van der Waals surface area contributed by atoms with E-state index in [2.05, 4.69) is 12.1 Å². The van der Waals surface area contributed by atoms with Gasteiger partial charge in [-0.3, -0.25) is 0 Å². The molecule has 2 nitrogen and oxygen atoms in total. The summed E-state index contributed by atoms with van der Waals surface area (Å²) in [4.78, 5) is 10.8. The summed E-state index contributed by atoms with van der Waals surface area (Å²) in [6, 6.07) is 10.2. The van der Waals surface area contributed by atoms with Gasteiger partial charge in [-0.05, 0) is 18.4 Å². The SMILES string of the molecule is O=CCC1(OCc2ccccc2)CCCCC1. The summed E-state index contributed by atoms with van der Waals surface area (Å²) in [5.74, 6) is 0. The molecule has 92 valence electrons. The Morgan fingerprint density at radius 2 is 1.82 bits per heavy atom. The van der Waals surface area contributed by atoms with E-state index < -0.39 is 0 Å². The van der Waals surface area contributed by atoms with E-state index in [1.54, 1.807) is 0 Å². The number of ether oxygens (including phenoxy) is 1. The average Bonchev–Trinajstić information content (AvgIpc) is 2.39. The van der Waals surface area contributed by atoms with Crippen LogP contribution in [0.5, 0.6) is 0 Å². The molecule has 0 atom stereocenters. The third-order valence-electron chi connectivity index (χ3n) is 3.61. The Balaban J connectivity index is 1.95. The lowest BCUT2D eigenvalue weighted by Gasteiger charge is -2.36. The zero-order valence-electron chi connectivity index (χ0n) is 10.2. The Hall–Kier alpha value is -1.15. The first kappa shape index (κ1) is 12.3. The molecule has 0 aromatic heterocycles. The van der Waals surface area contributed by atoms with Crippen molar-refractivity contribution in [2.75, 3.05) is 0 Å². The molecule has 0 spiro atoms. The molecule has 17 heavy (non-hydrogen) atoms. The van der Waals surface area contributed by atoms with E-state index in [1.165, 1.54) is 24.8 Å². The second kappa shape index (κ2) is 5.97. The summed E-state index contributed by atoms with van der Waals surface area (Å²) in [5, 5.41) is 0. The molecule has 1 aromatic rings. The minimum absolute atomic E-state index is 0.185. The molecule has 1 aliphatic carbocycles. The standard InChI is InChI=1S/C15H20O2/c16-12-11-15(9-5-2-6-10-15)17-13-14-7-3-1-4-8-14/h1,3-4,7-8,12H,2,5-6,9-11,13H2. The summed E-state index contributed by atoms with van der Waals surface area (Å²) in [6.45, 7) is 0.620. The highest BCUT2D eigenvalue weighted by molar-refractivity contribution is 5.51. The zero-order chi connectivity index (χ0) is 12.0. The normalized spacial score (nSPS) is 18.8. The van der Waals surface area contributed by atoms with Gasteiger partial charge in [0.05, 0.1) is 12.2 Å². The number of hydrogen-bond acceptors (Lipinski definition) is 2. The van der Waals surface area contributed by atoms with Gasteiger partial charge in [0.2, 0.25) is 0 Å². The predicted molar refractivity (Wildman–Crippen MR) is 67.7 cm³/mol. The smallest absolute Gasteiger partial charge is 0.122 e. The Morgan fingerprint density at radius 3 is 2.47 bits per heavy atom. The van der Waals surface area contributed by atoms with E-state index in [4.69, 9.17) is 4.74 Å². The minimum atomic E-state index is -0.185. The van der Waals surface area contributed by atoms with Crippen molar-refractivity contribution in [1.29, 1.82) is 0 Å². The fourth-order valence-electron chi connectivity index (χ4n) is 2.57. The minimum Gasteiger partial charge on any atom is -0.370 e. The molecule has 0 radical (unpaired) electrons. The van der Waals surface area contributed by atoms with Gasteiger partial charge in [-0.2, -0.15) is 0 Å². The lowest BCUT2D eigenvalue weighted by atomic mass is 9.82. The third-order valence-corrected chi connectivity index (χ3v) is 3.61. The van der Waals surface area contributed by atoms with Crippen molar-refractivity contribution in [3.63, 3.8) is 0 Å². The zero-order valence-corrected chi connectivity index (χ0v) is 10.2. The number of benzene rings is 1. The molecule has 0 heterocycles. The van der Waals surface area contributed by atoms with Crippen LogP contribution in [-0.4, -0.2) is 11.9 Å². The molecule has 1 fully saturated rings. The first-order chi connectivity index (χ1) is 8.35. The van der Waals surface area contributed by atoms with E-state index in [0.29, 0.717) is 13.0 Å². The number of carbonyl (C=O) groups excluding carboxylic acids is 1. The van der Waals surface area contributed by atoms with E-state index in [-0.39, 0.29) is 5.60 Å². The van der Waals surface area contributed by atoms with Gasteiger partial charge in [-0.15, -0.1) is 0 Å². The molecular formula is C15H20O2.